The zero-order valence-corrected chi connectivity index (χ0v) is 17.9. The van der Waals surface area contributed by atoms with Crippen LogP contribution in [0, 0.1) is 0 Å². The number of anilines is 1. The number of aromatic nitrogens is 2. The summed E-state index contributed by atoms with van der Waals surface area (Å²) in [6.45, 7) is 2.41. The quantitative estimate of drug-likeness (QED) is 0.474. The van der Waals surface area contributed by atoms with Gasteiger partial charge in [-0.3, -0.25) is 4.68 Å². The minimum Gasteiger partial charge on any atom is -0.362 e. The van der Waals surface area contributed by atoms with Gasteiger partial charge in [0.2, 0.25) is 0 Å². The van der Waals surface area contributed by atoms with Gasteiger partial charge in [-0.05, 0) is 72.9 Å². The van der Waals surface area contributed by atoms with Crippen LogP contribution in [0.15, 0.2) is 28.9 Å². The first-order chi connectivity index (χ1) is 11.8. The molecule has 0 aliphatic carbocycles. The highest BCUT2D eigenvalue weighted by molar-refractivity contribution is 9.10. The Labute approximate surface area is 171 Å². The molecule has 1 heterocycles. The third kappa shape index (κ3) is 6.75. The van der Waals surface area contributed by atoms with Crippen LogP contribution in [0.25, 0.3) is 0 Å². The Morgan fingerprint density at radius 1 is 1.32 bits per heavy atom. The lowest BCUT2D eigenvalue weighted by Crippen LogP contribution is -2.31. The van der Waals surface area contributed by atoms with E-state index in [9.17, 15) is 0 Å². The predicted octanol–water partition coefficient (Wildman–Crippen LogP) is 4.24. The van der Waals surface area contributed by atoms with Gasteiger partial charge in [0.1, 0.15) is 0 Å². The first-order valence-electron chi connectivity index (χ1n) is 7.71. The second kappa shape index (κ2) is 9.73. The summed E-state index contributed by atoms with van der Waals surface area (Å²) >= 11 is 20.8. The molecule has 136 valence electrons. The number of hydrogen-bond donors (Lipinski definition) is 2. The molecule has 0 unspecified atom stereocenters. The minimum atomic E-state index is 0.534. The topological polar surface area (TPSA) is 45.1 Å². The molecular weight excluding hydrogens is 445 g/mol. The van der Waals surface area contributed by atoms with E-state index in [0.717, 1.165) is 29.5 Å². The summed E-state index contributed by atoms with van der Waals surface area (Å²) in [7, 11) is 4.10. The van der Waals surface area contributed by atoms with Crippen molar-refractivity contribution in [1.82, 2.24) is 20.0 Å². The molecule has 0 radical (unpaired) electrons. The molecule has 1 aromatic heterocycles. The van der Waals surface area contributed by atoms with E-state index in [1.165, 1.54) is 0 Å². The lowest BCUT2D eigenvalue weighted by molar-refractivity contribution is 0.400. The van der Waals surface area contributed by atoms with Crippen LogP contribution in [0.5, 0.6) is 0 Å². The fraction of sp³-hybridized carbons (Fsp3) is 0.375. The average Bonchev–Trinajstić information content (AvgIpc) is 2.87. The van der Waals surface area contributed by atoms with Crippen molar-refractivity contribution in [2.45, 2.75) is 13.0 Å². The van der Waals surface area contributed by atoms with E-state index in [1.807, 2.05) is 32.4 Å². The van der Waals surface area contributed by atoms with Crippen LogP contribution in [-0.2, 0) is 6.54 Å². The molecular formula is C16H20BrCl2N5S. The van der Waals surface area contributed by atoms with Gasteiger partial charge in [0.05, 0.1) is 21.1 Å². The van der Waals surface area contributed by atoms with Gasteiger partial charge in [0, 0.05) is 12.7 Å². The lowest BCUT2D eigenvalue weighted by Gasteiger charge is -2.11. The van der Waals surface area contributed by atoms with Gasteiger partial charge in [-0.25, -0.2) is 0 Å². The Balaban J connectivity index is 1.90. The summed E-state index contributed by atoms with van der Waals surface area (Å²) in [5.41, 5.74) is 1.01. The van der Waals surface area contributed by atoms with Crippen molar-refractivity contribution in [3.63, 3.8) is 0 Å². The first-order valence-corrected chi connectivity index (χ1v) is 9.67. The average molecular weight is 465 g/mol. The van der Waals surface area contributed by atoms with E-state index >= 15 is 0 Å². The highest BCUT2D eigenvalue weighted by Gasteiger charge is 2.09. The van der Waals surface area contributed by atoms with Crippen LogP contribution in [0.4, 0.5) is 5.82 Å². The summed E-state index contributed by atoms with van der Waals surface area (Å²) in [6.07, 6.45) is 2.90. The molecule has 2 rings (SSSR count). The van der Waals surface area contributed by atoms with Crippen LogP contribution in [-0.4, -0.2) is 47.0 Å². The molecule has 1 aromatic carbocycles. The second-order valence-electron chi connectivity index (χ2n) is 5.81. The van der Waals surface area contributed by atoms with Gasteiger partial charge >= 0.3 is 0 Å². The van der Waals surface area contributed by atoms with Gasteiger partial charge in [0.25, 0.3) is 0 Å². The summed E-state index contributed by atoms with van der Waals surface area (Å²) in [6, 6.07) is 5.54. The molecule has 25 heavy (non-hydrogen) atoms. The van der Waals surface area contributed by atoms with Crippen LogP contribution in [0.3, 0.4) is 0 Å². The van der Waals surface area contributed by atoms with Crippen molar-refractivity contribution in [1.29, 1.82) is 0 Å². The predicted molar refractivity (Wildman–Crippen MR) is 113 cm³/mol. The Kier molecular flexibility index (Phi) is 7.96. The molecule has 5 nitrogen and oxygen atoms in total. The highest BCUT2D eigenvalue weighted by atomic mass is 79.9. The lowest BCUT2D eigenvalue weighted by atomic mass is 10.2. The largest absolute Gasteiger partial charge is 0.362 e. The van der Waals surface area contributed by atoms with Gasteiger partial charge in [-0.2, -0.15) is 5.10 Å². The van der Waals surface area contributed by atoms with Gasteiger partial charge in [-0.15, -0.1) is 0 Å². The zero-order valence-electron chi connectivity index (χ0n) is 14.0. The maximum Gasteiger partial charge on any atom is 0.172 e. The Morgan fingerprint density at radius 3 is 2.76 bits per heavy atom. The number of halogens is 3. The highest BCUT2D eigenvalue weighted by Crippen LogP contribution is 2.24. The molecule has 2 N–H and O–H groups in total. The van der Waals surface area contributed by atoms with Crippen molar-refractivity contribution in [2.24, 2.45) is 0 Å². The number of hydrogen-bond acceptors (Lipinski definition) is 3. The third-order valence-electron chi connectivity index (χ3n) is 3.35. The number of benzene rings is 1. The summed E-state index contributed by atoms with van der Waals surface area (Å²) in [4.78, 5) is 2.14. The summed E-state index contributed by atoms with van der Waals surface area (Å²) in [5, 5.41) is 12.4. The van der Waals surface area contributed by atoms with Crippen LogP contribution < -0.4 is 10.6 Å². The molecule has 0 saturated heterocycles. The van der Waals surface area contributed by atoms with Crippen LogP contribution >= 0.6 is 51.3 Å². The van der Waals surface area contributed by atoms with Crippen molar-refractivity contribution in [3.8, 4) is 0 Å². The molecule has 0 saturated carbocycles. The maximum absolute atomic E-state index is 6.05. The van der Waals surface area contributed by atoms with Crippen LogP contribution in [0.2, 0.25) is 10.0 Å². The van der Waals surface area contributed by atoms with Crippen molar-refractivity contribution in [3.05, 3.63) is 44.5 Å². The molecule has 0 aliphatic heterocycles. The maximum atomic E-state index is 6.05. The molecule has 0 bridgehead atoms. The van der Waals surface area contributed by atoms with Gasteiger partial charge < -0.3 is 15.5 Å². The van der Waals surface area contributed by atoms with Crippen LogP contribution in [0.1, 0.15) is 12.0 Å². The van der Waals surface area contributed by atoms with E-state index in [0.29, 0.717) is 27.5 Å². The Hall–Kier alpha value is -0.860. The van der Waals surface area contributed by atoms with E-state index < -0.39 is 0 Å². The fourth-order valence-electron chi connectivity index (χ4n) is 2.14. The zero-order chi connectivity index (χ0) is 18.4. The standard InChI is InChI=1S/C16H20BrCl2N5S/c1-23(2)7-3-6-20-16(25)21-15-12(17)10-24(22-15)9-11-4-5-13(18)14(19)8-11/h4-5,8,10H,3,6-7,9H2,1-2H3,(H2,20,21,22,25). The molecule has 0 fully saturated rings. The second-order valence-corrected chi connectivity index (χ2v) is 7.89. The number of rotatable bonds is 7. The smallest absolute Gasteiger partial charge is 0.172 e. The van der Waals surface area contributed by atoms with Gasteiger partial charge in [0.15, 0.2) is 10.9 Å². The Morgan fingerprint density at radius 2 is 2.08 bits per heavy atom. The summed E-state index contributed by atoms with van der Waals surface area (Å²) in [5.74, 6) is 0.671. The van der Waals surface area contributed by atoms with E-state index in [-0.39, 0.29) is 0 Å². The van der Waals surface area contributed by atoms with E-state index in [4.69, 9.17) is 35.4 Å². The van der Waals surface area contributed by atoms with Crippen molar-refractivity contribution < 1.29 is 0 Å². The third-order valence-corrected chi connectivity index (χ3v) is 4.91. The number of nitrogens with one attached hydrogen (secondary N) is 2. The monoisotopic (exact) mass is 463 g/mol. The Bertz CT molecular complexity index is 735. The van der Waals surface area contributed by atoms with E-state index in [1.54, 1.807) is 10.7 Å². The molecule has 0 atom stereocenters. The normalized spacial score (nSPS) is 11.0. The SMILES string of the molecule is CN(C)CCCNC(=S)Nc1nn(Cc2ccc(Cl)c(Cl)c2)cc1Br. The number of nitrogens with zero attached hydrogens (tertiary/aromatic N) is 3. The molecule has 0 aliphatic rings. The molecule has 0 spiro atoms. The first kappa shape index (κ1) is 20.5. The van der Waals surface area contributed by atoms with Crippen molar-refractivity contribution >= 4 is 62.3 Å². The summed E-state index contributed by atoms with van der Waals surface area (Å²) < 4.78 is 2.64. The fourth-order valence-corrected chi connectivity index (χ4v) is 3.07. The number of thiocarbonyl (C=S) groups is 1. The van der Waals surface area contributed by atoms with Gasteiger partial charge in [-0.1, -0.05) is 29.3 Å². The molecule has 9 heteroatoms. The molecule has 0 amide bonds. The van der Waals surface area contributed by atoms with Crippen molar-refractivity contribution in [2.75, 3.05) is 32.5 Å². The minimum absolute atomic E-state index is 0.534. The molecule has 2 aromatic rings. The van der Waals surface area contributed by atoms with E-state index in [2.05, 4.69) is 36.6 Å².